The molecule has 1 aromatic rings. The Labute approximate surface area is 619 Å². The van der Waals surface area contributed by atoms with Crippen LogP contribution in [0.4, 0.5) is 0 Å². The third kappa shape index (κ3) is 29.1. The molecule has 2 bridgehead atoms. The Kier molecular flexibility index (Phi) is 38.3. The van der Waals surface area contributed by atoms with Crippen molar-refractivity contribution in [3.63, 3.8) is 0 Å². The molecule has 3 saturated heterocycles. The average molecular weight is 1480 g/mol. The molecule has 3 heterocycles. The van der Waals surface area contributed by atoms with E-state index in [1.807, 2.05) is 41.5 Å². The molecule has 105 heavy (non-hydrogen) atoms. The van der Waals surface area contributed by atoms with E-state index >= 15 is 4.79 Å². The SMILES string of the molecule is CC(C)C[C@@H]1NC(=O)[C@H](CCCN)NC(=O)[C@H](C(C)C)NC(=O)[C@@H]2CCCN2C(=O)[C@@H](Cc2ccccc2)NC(=O)[C@H](CC(C)C)NC(=O)[C@H](CCCN)NC(=O)[C@H](C(C)C)NC(=O)[C@H](CCCN)NC(=O)[C@H](CC(C)C)NC(=O)[C@H]2C[C@H](O)[C@@H](CNC(=O)[C@H](C(C)C)NC(=O)[C@@H](CCCN)NC1=O)O2. The highest BCUT2D eigenvalue weighted by Gasteiger charge is 2.44. The average Bonchev–Trinajstić information content (AvgIpc) is 1.74. The number of carbonyl (C=O) groups excluding carboxylic acids is 13. The molecule has 3 aliphatic rings. The zero-order valence-electron chi connectivity index (χ0n) is 63.8. The molecule has 3 aliphatic heterocycles. The highest BCUT2D eigenvalue weighted by molar-refractivity contribution is 6.00. The van der Waals surface area contributed by atoms with Crippen molar-refractivity contribution in [2.24, 2.45) is 58.4 Å². The number of nitrogens with one attached hydrogen (secondary N) is 12. The van der Waals surface area contributed by atoms with Crippen LogP contribution in [0.2, 0.25) is 0 Å². The summed E-state index contributed by atoms with van der Waals surface area (Å²) in [7, 11) is 0. The summed E-state index contributed by atoms with van der Waals surface area (Å²) in [5.74, 6) is -12.0. The molecular weight excluding hydrogens is 1350 g/mol. The molecule has 1 aromatic carbocycles. The summed E-state index contributed by atoms with van der Waals surface area (Å²) in [6.07, 6.45) is -2.29. The molecule has 0 unspecified atom stereocenters. The minimum Gasteiger partial charge on any atom is -0.390 e. The summed E-state index contributed by atoms with van der Waals surface area (Å²) >= 11 is 0. The third-order valence-corrected chi connectivity index (χ3v) is 18.8. The smallest absolute Gasteiger partial charge is 0.249 e. The first-order valence-corrected chi connectivity index (χ1v) is 37.7. The first kappa shape index (κ1) is 89.5. The molecule has 32 nitrogen and oxygen atoms in total. The number of hydrogen-bond acceptors (Lipinski definition) is 19. The van der Waals surface area contributed by atoms with E-state index in [4.69, 9.17) is 27.7 Å². The van der Waals surface area contributed by atoms with Crippen LogP contribution in [0, 0.1) is 35.5 Å². The number of nitrogens with two attached hydrogens (primary N) is 4. The molecule has 32 heteroatoms. The molecule has 0 aliphatic carbocycles. The lowest BCUT2D eigenvalue weighted by Crippen LogP contribution is -2.61. The second-order valence-electron chi connectivity index (χ2n) is 30.4. The first-order chi connectivity index (χ1) is 49.6. The zero-order chi connectivity index (χ0) is 78.4. The molecule has 13 amide bonds. The van der Waals surface area contributed by atoms with Crippen LogP contribution in [0.3, 0.4) is 0 Å². The number of carbonyl (C=O) groups is 13. The van der Waals surface area contributed by atoms with E-state index in [0.29, 0.717) is 12.0 Å². The highest BCUT2D eigenvalue weighted by atomic mass is 16.5. The van der Waals surface area contributed by atoms with Gasteiger partial charge in [0.2, 0.25) is 76.8 Å². The minimum absolute atomic E-state index is 0.00293. The van der Waals surface area contributed by atoms with Crippen LogP contribution in [0.15, 0.2) is 30.3 Å². The molecule has 15 atom stereocenters. The monoisotopic (exact) mass is 1480 g/mol. The molecule has 0 saturated carbocycles. The van der Waals surface area contributed by atoms with Gasteiger partial charge in [-0.15, -0.1) is 0 Å². The van der Waals surface area contributed by atoms with Crippen molar-refractivity contribution in [1.29, 1.82) is 0 Å². The van der Waals surface area contributed by atoms with Gasteiger partial charge >= 0.3 is 0 Å². The van der Waals surface area contributed by atoms with E-state index < -0.39 is 185 Å². The van der Waals surface area contributed by atoms with Gasteiger partial charge in [-0.2, -0.15) is 0 Å². The third-order valence-electron chi connectivity index (χ3n) is 18.8. The fourth-order valence-electron chi connectivity index (χ4n) is 12.9. The van der Waals surface area contributed by atoms with Gasteiger partial charge in [0.25, 0.3) is 0 Å². The number of nitrogens with zero attached hydrogens (tertiary/aromatic N) is 1. The quantitative estimate of drug-likeness (QED) is 0.0578. The number of aliphatic hydroxyl groups is 1. The Bertz CT molecular complexity index is 3030. The van der Waals surface area contributed by atoms with Gasteiger partial charge in [-0.1, -0.05) is 113 Å². The number of rotatable bonds is 23. The van der Waals surface area contributed by atoms with Gasteiger partial charge in [0, 0.05) is 25.9 Å². The van der Waals surface area contributed by atoms with Crippen LogP contribution in [0.1, 0.15) is 179 Å². The molecule has 0 radical (unpaired) electrons. The molecule has 0 spiro atoms. The van der Waals surface area contributed by atoms with Crippen LogP contribution < -0.4 is 86.7 Å². The van der Waals surface area contributed by atoms with Crippen molar-refractivity contribution < 1.29 is 72.2 Å². The summed E-state index contributed by atoms with van der Waals surface area (Å²) in [6.45, 7) is 21.2. The lowest BCUT2D eigenvalue weighted by Gasteiger charge is -2.32. The first-order valence-electron chi connectivity index (χ1n) is 37.7. The van der Waals surface area contributed by atoms with Crippen LogP contribution in [-0.4, -0.2) is 217 Å². The number of aliphatic hydroxyl groups excluding tert-OH is 1. The van der Waals surface area contributed by atoms with Crippen molar-refractivity contribution in [1.82, 2.24) is 68.7 Å². The standard InChI is InChI=1S/C73H125N17O15/c1-39(2)33-50-65(96)79-48(25-18-30-76)63(94)87-58(42(7)8)70(101)78-38-57-55(91)37-56(105-57)69(100)85-52(35-41(5)6)66(97)80-49(26-19-31-77)64(95)88-59(43(9)10)71(102)81-46(23-16-28-74)62(93)84-51(34-40(3)4)67(98)86-53(36-45-21-14-13-15-22-45)73(104)90-32-20-27-54(90)68(99)89-60(44(11)12)72(103)82-47(24-17-29-75)61(92)83-50/h13-15,21-22,39-44,46-60,91H,16-20,23-38,74-77H2,1-12H3,(H,78,101)(H,79,96)(H,80,97)(H,81,102)(H,82,103)(H,83,92)(H,84,93)(H,85,100)(H,86,98)(H,87,94)(H,88,95)(H,89,99)/t46-,47-,48+,49-,50-,51-,52-,53+,54-,55-,56+,57+,58-,59-,60-/m0/s1. The van der Waals surface area contributed by atoms with Crippen molar-refractivity contribution in [3.8, 4) is 0 Å². The zero-order valence-corrected chi connectivity index (χ0v) is 63.8. The van der Waals surface area contributed by atoms with Gasteiger partial charge in [0.15, 0.2) is 0 Å². The van der Waals surface area contributed by atoms with E-state index in [9.17, 15) is 62.6 Å². The van der Waals surface area contributed by atoms with Crippen LogP contribution in [-0.2, 0) is 73.5 Å². The second-order valence-corrected chi connectivity index (χ2v) is 30.4. The lowest BCUT2D eigenvalue weighted by atomic mass is 9.99. The topological polar surface area (TPSA) is 503 Å². The Hall–Kier alpha value is -7.91. The minimum atomic E-state index is -1.32. The Morgan fingerprint density at radius 2 is 0.752 bits per heavy atom. The number of amides is 13. The Balaban J connectivity index is 1.82. The van der Waals surface area contributed by atoms with Crippen molar-refractivity contribution in [3.05, 3.63) is 35.9 Å². The van der Waals surface area contributed by atoms with E-state index in [0.717, 1.165) is 0 Å². The van der Waals surface area contributed by atoms with Crippen LogP contribution >= 0.6 is 0 Å². The van der Waals surface area contributed by atoms with E-state index in [1.54, 1.807) is 71.9 Å². The highest BCUT2D eigenvalue weighted by Crippen LogP contribution is 2.24. The largest absolute Gasteiger partial charge is 0.390 e. The number of ether oxygens (including phenoxy) is 1. The molecule has 4 rings (SSSR count). The molecule has 3 fully saturated rings. The molecule has 0 aromatic heterocycles. The summed E-state index contributed by atoms with van der Waals surface area (Å²) in [6, 6.07) is -6.40. The maximum absolute atomic E-state index is 15.1. The van der Waals surface area contributed by atoms with E-state index in [1.165, 1.54) is 4.90 Å². The van der Waals surface area contributed by atoms with Gasteiger partial charge in [-0.25, -0.2) is 0 Å². The number of benzene rings is 1. The second kappa shape index (κ2) is 44.9. The van der Waals surface area contributed by atoms with Gasteiger partial charge in [-0.3, -0.25) is 62.3 Å². The predicted molar refractivity (Wildman–Crippen MR) is 394 cm³/mol. The van der Waals surface area contributed by atoms with Gasteiger partial charge in [-0.05, 0) is 151 Å². The molecule has 592 valence electrons. The fourth-order valence-corrected chi connectivity index (χ4v) is 12.9. The Morgan fingerprint density at radius 3 is 1.13 bits per heavy atom. The van der Waals surface area contributed by atoms with Crippen LogP contribution in [0.5, 0.6) is 0 Å². The van der Waals surface area contributed by atoms with Gasteiger partial charge < -0.3 is 101 Å². The number of hydrogen-bond donors (Lipinski definition) is 17. The van der Waals surface area contributed by atoms with Crippen molar-refractivity contribution in [2.45, 2.75) is 270 Å². The fraction of sp³-hybridized carbons (Fsp3) is 0.740. The maximum atomic E-state index is 15.1. The van der Waals surface area contributed by atoms with Crippen molar-refractivity contribution >= 4 is 76.8 Å². The normalized spacial score (nSPS) is 28.1. The van der Waals surface area contributed by atoms with E-state index in [-0.39, 0.29) is 147 Å². The van der Waals surface area contributed by atoms with Gasteiger partial charge in [0.1, 0.15) is 84.7 Å². The lowest BCUT2D eigenvalue weighted by molar-refractivity contribution is -0.143. The van der Waals surface area contributed by atoms with Gasteiger partial charge in [0.05, 0.1) is 6.10 Å². The summed E-state index contributed by atoms with van der Waals surface area (Å²) in [5, 5.41) is 44.5. The summed E-state index contributed by atoms with van der Waals surface area (Å²) in [4.78, 5) is 190. The number of fused-ring (bicyclic) bond motifs is 3. The maximum Gasteiger partial charge on any atom is 0.249 e. The van der Waals surface area contributed by atoms with Crippen LogP contribution in [0.25, 0.3) is 0 Å². The summed E-state index contributed by atoms with van der Waals surface area (Å²) in [5.41, 5.74) is 24.4. The Morgan fingerprint density at radius 1 is 0.419 bits per heavy atom. The molecule has 21 N–H and O–H groups in total. The summed E-state index contributed by atoms with van der Waals surface area (Å²) < 4.78 is 6.00. The van der Waals surface area contributed by atoms with Crippen molar-refractivity contribution in [2.75, 3.05) is 39.3 Å². The predicted octanol–water partition coefficient (Wildman–Crippen LogP) is -1.74. The molecular formula is C73H125N17O15. The van der Waals surface area contributed by atoms with E-state index in [2.05, 4.69) is 63.8 Å².